The van der Waals surface area contributed by atoms with Gasteiger partial charge in [-0.25, -0.2) is 9.37 Å². The summed E-state index contributed by atoms with van der Waals surface area (Å²) in [6, 6.07) is 7.42. The molecule has 2 saturated heterocycles. The fourth-order valence-corrected chi connectivity index (χ4v) is 4.27. The Labute approximate surface area is 180 Å². The molecule has 0 bridgehead atoms. The van der Waals surface area contributed by atoms with Crippen LogP contribution in [0.4, 0.5) is 10.2 Å². The quantitative estimate of drug-likeness (QED) is 0.748. The minimum absolute atomic E-state index is 0.0267. The van der Waals surface area contributed by atoms with Crippen LogP contribution in [0.15, 0.2) is 36.5 Å². The Morgan fingerprint density at radius 1 is 0.867 bits per heavy atom. The van der Waals surface area contributed by atoms with E-state index in [9.17, 15) is 14.0 Å². The molecule has 2 aliphatic heterocycles. The summed E-state index contributed by atoms with van der Waals surface area (Å²) in [5.74, 6) is -0.0174. The SMILES string of the molecule is O=C(c1cnc(N2CCN(C(=O)c3cccc(F)c3)CC2)c(Cl)c1)N1CCCCC1. The summed E-state index contributed by atoms with van der Waals surface area (Å²) < 4.78 is 13.4. The standard InChI is InChI=1S/C22H24ClFN4O2/c23-19-14-17(22(30)27-7-2-1-3-8-27)15-25-20(19)26-9-11-28(12-10-26)21(29)16-5-4-6-18(24)13-16/h4-6,13-15H,1-3,7-12H2. The van der Waals surface area contributed by atoms with Crippen LogP contribution in [0, 0.1) is 5.82 Å². The lowest BCUT2D eigenvalue weighted by Crippen LogP contribution is -2.49. The molecule has 0 N–H and O–H groups in total. The van der Waals surface area contributed by atoms with Crippen LogP contribution in [0.25, 0.3) is 0 Å². The van der Waals surface area contributed by atoms with Crippen molar-refractivity contribution in [3.05, 3.63) is 58.5 Å². The van der Waals surface area contributed by atoms with E-state index in [-0.39, 0.29) is 11.8 Å². The zero-order chi connectivity index (χ0) is 21.1. The van der Waals surface area contributed by atoms with Crippen molar-refractivity contribution in [2.75, 3.05) is 44.2 Å². The van der Waals surface area contributed by atoms with Gasteiger partial charge >= 0.3 is 0 Å². The molecule has 8 heteroatoms. The van der Waals surface area contributed by atoms with Crippen LogP contribution in [0.1, 0.15) is 40.0 Å². The Hall–Kier alpha value is -2.67. The Morgan fingerprint density at radius 2 is 1.53 bits per heavy atom. The summed E-state index contributed by atoms with van der Waals surface area (Å²) in [6.45, 7) is 3.66. The third kappa shape index (κ3) is 4.41. The normalized spacial score (nSPS) is 17.2. The number of anilines is 1. The lowest BCUT2D eigenvalue weighted by Gasteiger charge is -2.36. The molecule has 1 aromatic carbocycles. The lowest BCUT2D eigenvalue weighted by molar-refractivity contribution is 0.0721. The zero-order valence-corrected chi connectivity index (χ0v) is 17.4. The second kappa shape index (κ2) is 9.00. The van der Waals surface area contributed by atoms with Crippen molar-refractivity contribution in [3.63, 3.8) is 0 Å². The number of piperazine rings is 1. The Morgan fingerprint density at radius 3 is 2.20 bits per heavy atom. The first-order valence-corrected chi connectivity index (χ1v) is 10.7. The number of pyridine rings is 1. The highest BCUT2D eigenvalue weighted by atomic mass is 35.5. The number of piperidine rings is 1. The highest BCUT2D eigenvalue weighted by molar-refractivity contribution is 6.33. The molecule has 0 saturated carbocycles. The summed E-state index contributed by atoms with van der Waals surface area (Å²) >= 11 is 6.46. The summed E-state index contributed by atoms with van der Waals surface area (Å²) in [5, 5.41) is 0.433. The molecule has 6 nitrogen and oxygen atoms in total. The van der Waals surface area contributed by atoms with E-state index in [0.717, 1.165) is 32.4 Å². The number of hydrogen-bond acceptors (Lipinski definition) is 4. The predicted octanol–water partition coefficient (Wildman–Crippen LogP) is 3.46. The van der Waals surface area contributed by atoms with Gasteiger partial charge in [0.25, 0.3) is 11.8 Å². The van der Waals surface area contributed by atoms with E-state index in [4.69, 9.17) is 11.6 Å². The second-order valence-electron chi connectivity index (χ2n) is 7.67. The number of amides is 2. The largest absolute Gasteiger partial charge is 0.352 e. The number of hydrogen-bond donors (Lipinski definition) is 0. The summed E-state index contributed by atoms with van der Waals surface area (Å²) in [5.41, 5.74) is 0.853. The minimum Gasteiger partial charge on any atom is -0.352 e. The Bertz CT molecular complexity index is 940. The molecule has 2 amide bonds. The van der Waals surface area contributed by atoms with E-state index in [1.54, 1.807) is 23.2 Å². The summed E-state index contributed by atoms with van der Waals surface area (Å²) in [6.07, 6.45) is 4.81. The third-order valence-corrected chi connectivity index (χ3v) is 5.93. The first kappa shape index (κ1) is 20.6. The van der Waals surface area contributed by atoms with E-state index >= 15 is 0 Å². The van der Waals surface area contributed by atoms with Gasteiger partial charge in [-0.2, -0.15) is 0 Å². The van der Waals surface area contributed by atoms with Crippen molar-refractivity contribution in [1.29, 1.82) is 0 Å². The molecule has 0 unspecified atom stereocenters. The molecule has 4 rings (SSSR count). The molecular weight excluding hydrogens is 407 g/mol. The average Bonchev–Trinajstić information content (AvgIpc) is 2.79. The zero-order valence-electron chi connectivity index (χ0n) is 16.7. The molecule has 0 atom stereocenters. The Kier molecular flexibility index (Phi) is 6.18. The van der Waals surface area contributed by atoms with E-state index in [0.29, 0.717) is 48.1 Å². The van der Waals surface area contributed by atoms with Crippen molar-refractivity contribution in [3.8, 4) is 0 Å². The number of nitrogens with zero attached hydrogens (tertiary/aromatic N) is 4. The average molecular weight is 431 g/mol. The molecule has 2 aromatic rings. The number of aromatic nitrogens is 1. The highest BCUT2D eigenvalue weighted by Crippen LogP contribution is 2.26. The molecule has 0 radical (unpaired) electrons. The lowest BCUT2D eigenvalue weighted by atomic mass is 10.1. The first-order chi connectivity index (χ1) is 14.5. The smallest absolute Gasteiger partial charge is 0.255 e. The maximum Gasteiger partial charge on any atom is 0.255 e. The maximum absolute atomic E-state index is 13.4. The minimum atomic E-state index is -0.422. The molecule has 2 fully saturated rings. The van der Waals surface area contributed by atoms with Crippen LogP contribution in [-0.2, 0) is 0 Å². The van der Waals surface area contributed by atoms with Gasteiger partial charge in [0.15, 0.2) is 0 Å². The van der Waals surface area contributed by atoms with E-state index in [2.05, 4.69) is 4.98 Å². The molecule has 0 aliphatic carbocycles. The van der Waals surface area contributed by atoms with Crippen LogP contribution < -0.4 is 4.90 Å². The van der Waals surface area contributed by atoms with Crippen molar-refractivity contribution in [2.24, 2.45) is 0 Å². The third-order valence-electron chi connectivity index (χ3n) is 5.65. The van der Waals surface area contributed by atoms with Gasteiger partial charge in [-0.3, -0.25) is 9.59 Å². The van der Waals surface area contributed by atoms with E-state index in [1.807, 2.05) is 9.80 Å². The number of halogens is 2. The van der Waals surface area contributed by atoms with Gasteiger partial charge in [-0.05, 0) is 43.5 Å². The fraction of sp³-hybridized carbons (Fsp3) is 0.409. The molecule has 1 aromatic heterocycles. The van der Waals surface area contributed by atoms with Crippen LogP contribution in [0.5, 0.6) is 0 Å². The van der Waals surface area contributed by atoms with Crippen molar-refractivity contribution < 1.29 is 14.0 Å². The van der Waals surface area contributed by atoms with Gasteiger partial charge in [0, 0.05) is 51.0 Å². The second-order valence-corrected chi connectivity index (χ2v) is 8.08. The number of carbonyl (C=O) groups is 2. The molecular formula is C22H24ClFN4O2. The molecule has 30 heavy (non-hydrogen) atoms. The number of rotatable bonds is 3. The van der Waals surface area contributed by atoms with Crippen molar-refractivity contribution in [1.82, 2.24) is 14.8 Å². The van der Waals surface area contributed by atoms with Gasteiger partial charge in [0.05, 0.1) is 10.6 Å². The van der Waals surface area contributed by atoms with Crippen LogP contribution >= 0.6 is 11.6 Å². The van der Waals surface area contributed by atoms with E-state index in [1.165, 1.54) is 18.2 Å². The maximum atomic E-state index is 13.4. The van der Waals surface area contributed by atoms with Crippen molar-refractivity contribution >= 4 is 29.2 Å². The van der Waals surface area contributed by atoms with Crippen LogP contribution in [0.2, 0.25) is 5.02 Å². The number of carbonyl (C=O) groups excluding carboxylic acids is 2. The number of likely N-dealkylation sites (tertiary alicyclic amines) is 1. The highest BCUT2D eigenvalue weighted by Gasteiger charge is 2.25. The van der Waals surface area contributed by atoms with Crippen LogP contribution in [-0.4, -0.2) is 65.9 Å². The monoisotopic (exact) mass is 430 g/mol. The van der Waals surface area contributed by atoms with E-state index < -0.39 is 5.82 Å². The van der Waals surface area contributed by atoms with Gasteiger partial charge in [0.1, 0.15) is 11.6 Å². The van der Waals surface area contributed by atoms with Gasteiger partial charge in [0.2, 0.25) is 0 Å². The fourth-order valence-electron chi connectivity index (χ4n) is 3.99. The summed E-state index contributed by atoms with van der Waals surface area (Å²) in [7, 11) is 0. The van der Waals surface area contributed by atoms with Gasteiger partial charge < -0.3 is 14.7 Å². The van der Waals surface area contributed by atoms with Gasteiger partial charge in [-0.1, -0.05) is 17.7 Å². The predicted molar refractivity (Wildman–Crippen MR) is 114 cm³/mol. The van der Waals surface area contributed by atoms with Gasteiger partial charge in [-0.15, -0.1) is 0 Å². The first-order valence-electron chi connectivity index (χ1n) is 10.3. The van der Waals surface area contributed by atoms with Crippen LogP contribution in [0.3, 0.4) is 0 Å². The molecule has 2 aliphatic rings. The summed E-state index contributed by atoms with van der Waals surface area (Å²) in [4.78, 5) is 35.3. The topological polar surface area (TPSA) is 56.8 Å². The Balaban J connectivity index is 1.39. The number of benzene rings is 1. The van der Waals surface area contributed by atoms with Crippen molar-refractivity contribution in [2.45, 2.75) is 19.3 Å². The molecule has 0 spiro atoms. The molecule has 3 heterocycles. The molecule has 158 valence electrons.